The highest BCUT2D eigenvalue weighted by Crippen LogP contribution is 2.49. The number of piperidine rings is 1. The number of nitrogens with zero attached hydrogens (tertiary/aromatic N) is 2. The summed E-state index contributed by atoms with van der Waals surface area (Å²) in [6, 6.07) is 14.6. The Morgan fingerprint density at radius 1 is 1.07 bits per heavy atom. The van der Waals surface area contributed by atoms with E-state index in [0.29, 0.717) is 18.7 Å². The highest BCUT2D eigenvalue weighted by Gasteiger charge is 2.47. The van der Waals surface area contributed by atoms with Crippen LogP contribution in [0.2, 0.25) is 0 Å². The summed E-state index contributed by atoms with van der Waals surface area (Å²) in [4.78, 5) is 19.3. The van der Waals surface area contributed by atoms with E-state index in [2.05, 4.69) is 4.98 Å². The molecule has 2 aliphatic rings. The standard InChI is InChI=1S/C22H21FN2O2/c23-18-6-2-1-5-15(18)16-13-17(16)22(26)25-11-9-14(10-12-25)21-24-19-7-3-4-8-20(19)27-21/h1-8,14,16-17H,9-13H2. The van der Waals surface area contributed by atoms with Crippen LogP contribution in [0.3, 0.4) is 0 Å². The molecule has 1 aromatic heterocycles. The Morgan fingerprint density at radius 2 is 1.81 bits per heavy atom. The number of hydrogen-bond acceptors (Lipinski definition) is 3. The molecule has 1 saturated heterocycles. The molecule has 3 aromatic rings. The second kappa shape index (κ2) is 6.48. The third kappa shape index (κ3) is 3.01. The molecule has 27 heavy (non-hydrogen) atoms. The Bertz CT molecular complexity index is 958. The Morgan fingerprint density at radius 3 is 2.59 bits per heavy atom. The first-order valence-electron chi connectivity index (χ1n) is 9.59. The van der Waals surface area contributed by atoms with Gasteiger partial charge in [0.25, 0.3) is 0 Å². The average Bonchev–Trinajstić information content (AvgIpc) is 3.37. The molecule has 2 heterocycles. The van der Waals surface area contributed by atoms with E-state index < -0.39 is 0 Å². The van der Waals surface area contributed by atoms with Crippen LogP contribution in [0, 0.1) is 11.7 Å². The number of carbonyl (C=O) groups is 1. The fourth-order valence-corrected chi connectivity index (χ4v) is 4.23. The number of likely N-dealkylation sites (tertiary alicyclic amines) is 1. The molecule has 138 valence electrons. The number of benzene rings is 2. The van der Waals surface area contributed by atoms with Gasteiger partial charge in [-0.2, -0.15) is 0 Å². The molecular weight excluding hydrogens is 343 g/mol. The van der Waals surface area contributed by atoms with E-state index in [1.807, 2.05) is 35.2 Å². The van der Waals surface area contributed by atoms with Crippen LogP contribution in [-0.2, 0) is 4.79 Å². The van der Waals surface area contributed by atoms with Crippen LogP contribution in [0.1, 0.15) is 42.6 Å². The van der Waals surface area contributed by atoms with Gasteiger partial charge < -0.3 is 9.32 Å². The fourth-order valence-electron chi connectivity index (χ4n) is 4.23. The van der Waals surface area contributed by atoms with Gasteiger partial charge in [-0.05, 0) is 48.9 Å². The van der Waals surface area contributed by atoms with Crippen molar-refractivity contribution in [3.63, 3.8) is 0 Å². The number of amides is 1. The van der Waals surface area contributed by atoms with Gasteiger partial charge in [-0.15, -0.1) is 0 Å². The van der Waals surface area contributed by atoms with Gasteiger partial charge in [0.2, 0.25) is 5.91 Å². The van der Waals surface area contributed by atoms with Crippen LogP contribution in [-0.4, -0.2) is 28.9 Å². The van der Waals surface area contributed by atoms with Crippen LogP contribution in [0.5, 0.6) is 0 Å². The summed E-state index contributed by atoms with van der Waals surface area (Å²) in [6.45, 7) is 1.42. The van der Waals surface area contributed by atoms with Crippen molar-refractivity contribution < 1.29 is 13.6 Å². The number of oxazole rings is 1. The lowest BCUT2D eigenvalue weighted by molar-refractivity contribution is -0.133. The number of rotatable bonds is 3. The maximum atomic E-state index is 13.9. The first-order valence-corrected chi connectivity index (χ1v) is 9.59. The van der Waals surface area contributed by atoms with E-state index in [9.17, 15) is 9.18 Å². The van der Waals surface area contributed by atoms with Gasteiger partial charge in [-0.25, -0.2) is 9.37 Å². The maximum Gasteiger partial charge on any atom is 0.226 e. The number of fused-ring (bicyclic) bond motifs is 1. The molecule has 1 aliphatic carbocycles. The largest absolute Gasteiger partial charge is 0.440 e. The summed E-state index contributed by atoms with van der Waals surface area (Å²) in [7, 11) is 0. The molecule has 0 radical (unpaired) electrons. The number of aromatic nitrogens is 1. The van der Waals surface area contributed by atoms with Crippen molar-refractivity contribution in [1.29, 1.82) is 0 Å². The average molecular weight is 364 g/mol. The summed E-state index contributed by atoms with van der Waals surface area (Å²) >= 11 is 0. The fraction of sp³-hybridized carbons (Fsp3) is 0.364. The molecule has 1 saturated carbocycles. The van der Waals surface area contributed by atoms with Gasteiger partial charge in [0.1, 0.15) is 11.3 Å². The van der Waals surface area contributed by atoms with Gasteiger partial charge in [-0.3, -0.25) is 4.79 Å². The monoisotopic (exact) mass is 364 g/mol. The summed E-state index contributed by atoms with van der Waals surface area (Å²) in [5.41, 5.74) is 2.38. The molecule has 2 fully saturated rings. The zero-order chi connectivity index (χ0) is 18.4. The highest BCUT2D eigenvalue weighted by atomic mass is 19.1. The highest BCUT2D eigenvalue weighted by molar-refractivity contribution is 5.83. The Balaban J connectivity index is 1.22. The molecule has 2 atom stereocenters. The van der Waals surface area contributed by atoms with Gasteiger partial charge >= 0.3 is 0 Å². The molecule has 0 spiro atoms. The van der Waals surface area contributed by atoms with Crippen LogP contribution in [0.4, 0.5) is 4.39 Å². The van der Waals surface area contributed by atoms with Crippen molar-refractivity contribution in [1.82, 2.24) is 9.88 Å². The van der Waals surface area contributed by atoms with Crippen LogP contribution < -0.4 is 0 Å². The van der Waals surface area contributed by atoms with Gasteiger partial charge in [0, 0.05) is 24.9 Å². The van der Waals surface area contributed by atoms with Crippen molar-refractivity contribution in [3.8, 4) is 0 Å². The second-order valence-corrected chi connectivity index (χ2v) is 7.59. The summed E-state index contributed by atoms with van der Waals surface area (Å²) in [6.07, 6.45) is 2.47. The lowest BCUT2D eigenvalue weighted by Gasteiger charge is -2.31. The van der Waals surface area contributed by atoms with Crippen molar-refractivity contribution in [2.24, 2.45) is 5.92 Å². The topological polar surface area (TPSA) is 46.3 Å². The number of para-hydroxylation sites is 2. The summed E-state index contributed by atoms with van der Waals surface area (Å²) in [5, 5.41) is 0. The SMILES string of the molecule is O=C(C1CC1c1ccccc1F)N1CCC(c2nc3ccccc3o2)CC1. The van der Waals surface area contributed by atoms with Crippen molar-refractivity contribution in [2.45, 2.75) is 31.1 Å². The smallest absolute Gasteiger partial charge is 0.226 e. The molecule has 5 rings (SSSR count). The van der Waals surface area contributed by atoms with Crippen LogP contribution >= 0.6 is 0 Å². The molecule has 4 nitrogen and oxygen atoms in total. The number of carbonyl (C=O) groups excluding carboxylic acids is 1. The zero-order valence-electron chi connectivity index (χ0n) is 15.0. The maximum absolute atomic E-state index is 13.9. The van der Waals surface area contributed by atoms with E-state index in [-0.39, 0.29) is 29.5 Å². The molecule has 0 N–H and O–H groups in total. The predicted octanol–water partition coefficient (Wildman–Crippen LogP) is 4.48. The molecular formula is C22H21FN2O2. The molecule has 5 heteroatoms. The lowest BCUT2D eigenvalue weighted by atomic mass is 9.96. The van der Waals surface area contributed by atoms with E-state index >= 15 is 0 Å². The molecule has 1 aliphatic heterocycles. The minimum atomic E-state index is -0.201. The Hall–Kier alpha value is -2.69. The van der Waals surface area contributed by atoms with Crippen LogP contribution in [0.15, 0.2) is 52.9 Å². The molecule has 1 amide bonds. The summed E-state index contributed by atoms with van der Waals surface area (Å²) < 4.78 is 19.8. The van der Waals surface area contributed by atoms with Gasteiger partial charge in [-0.1, -0.05) is 30.3 Å². The van der Waals surface area contributed by atoms with Crippen molar-refractivity contribution in [2.75, 3.05) is 13.1 Å². The number of halogens is 1. The third-order valence-corrected chi connectivity index (χ3v) is 5.88. The quantitative estimate of drug-likeness (QED) is 0.688. The summed E-state index contributed by atoms with van der Waals surface area (Å²) in [5.74, 6) is 0.963. The normalized spacial score (nSPS) is 22.9. The van der Waals surface area contributed by atoms with Gasteiger partial charge in [0.15, 0.2) is 11.5 Å². The number of hydrogen-bond donors (Lipinski definition) is 0. The van der Waals surface area contributed by atoms with E-state index in [4.69, 9.17) is 4.42 Å². The predicted molar refractivity (Wildman–Crippen MR) is 99.8 cm³/mol. The zero-order valence-corrected chi connectivity index (χ0v) is 15.0. The van der Waals surface area contributed by atoms with E-state index in [1.165, 1.54) is 6.07 Å². The first kappa shape index (κ1) is 16.5. The minimum absolute atomic E-state index is 0.0356. The Kier molecular flexibility index (Phi) is 3.96. The van der Waals surface area contributed by atoms with E-state index in [0.717, 1.165) is 36.3 Å². The van der Waals surface area contributed by atoms with E-state index in [1.54, 1.807) is 12.1 Å². The second-order valence-electron chi connectivity index (χ2n) is 7.59. The van der Waals surface area contributed by atoms with Crippen molar-refractivity contribution >= 4 is 17.0 Å². The lowest BCUT2D eigenvalue weighted by Crippen LogP contribution is -2.39. The van der Waals surface area contributed by atoms with Gasteiger partial charge in [0.05, 0.1) is 0 Å². The van der Waals surface area contributed by atoms with Crippen LogP contribution in [0.25, 0.3) is 11.1 Å². The Labute approximate surface area is 157 Å². The molecule has 0 bridgehead atoms. The minimum Gasteiger partial charge on any atom is -0.440 e. The first-order chi connectivity index (χ1) is 13.2. The third-order valence-electron chi connectivity index (χ3n) is 5.88. The van der Waals surface area contributed by atoms with Crippen molar-refractivity contribution in [3.05, 3.63) is 65.8 Å². The molecule has 2 aromatic carbocycles. The molecule has 2 unspecified atom stereocenters.